The van der Waals surface area contributed by atoms with E-state index in [9.17, 15) is 4.79 Å². The van der Waals surface area contributed by atoms with Gasteiger partial charge < -0.3 is 15.5 Å². The Balaban J connectivity index is 1.23. The molecule has 1 atom stereocenters. The molecule has 170 valence electrons. The van der Waals surface area contributed by atoms with Crippen molar-refractivity contribution in [1.29, 1.82) is 0 Å². The van der Waals surface area contributed by atoms with Crippen LogP contribution in [-0.2, 0) is 4.79 Å². The van der Waals surface area contributed by atoms with E-state index in [0.29, 0.717) is 29.0 Å². The molecule has 7 nitrogen and oxygen atoms in total. The van der Waals surface area contributed by atoms with E-state index < -0.39 is 0 Å². The quantitative estimate of drug-likeness (QED) is 0.697. The molecule has 0 aliphatic carbocycles. The molecule has 1 amide bonds. The summed E-state index contributed by atoms with van der Waals surface area (Å²) in [5.41, 5.74) is 0.872. The fourth-order valence-electron chi connectivity index (χ4n) is 4.54. The van der Waals surface area contributed by atoms with Crippen LogP contribution in [-0.4, -0.2) is 80.4 Å². The Morgan fingerprint density at radius 1 is 1.13 bits per heavy atom. The summed E-state index contributed by atoms with van der Waals surface area (Å²) in [5, 5.41) is 13.9. The number of anilines is 1. The largest absolute Gasteiger partial charge is 0.314 e. The molecule has 0 spiro atoms. The van der Waals surface area contributed by atoms with E-state index in [2.05, 4.69) is 32.5 Å². The van der Waals surface area contributed by atoms with Gasteiger partial charge in [0.05, 0.1) is 28.8 Å². The van der Waals surface area contributed by atoms with Crippen molar-refractivity contribution in [3.8, 4) is 0 Å². The molecule has 9 heteroatoms. The summed E-state index contributed by atoms with van der Waals surface area (Å²) in [7, 11) is 0. The van der Waals surface area contributed by atoms with E-state index in [1.54, 1.807) is 12.1 Å². The van der Waals surface area contributed by atoms with Crippen LogP contribution in [0, 0.1) is 11.8 Å². The zero-order valence-electron chi connectivity index (χ0n) is 18.1. The molecule has 3 aliphatic heterocycles. The second-order valence-corrected chi connectivity index (χ2v) is 9.70. The molecule has 2 N–H and O–H groups in total. The molecule has 2 fully saturated rings. The van der Waals surface area contributed by atoms with Crippen LogP contribution < -0.4 is 15.6 Å². The summed E-state index contributed by atoms with van der Waals surface area (Å²) in [4.78, 5) is 17.5. The minimum atomic E-state index is 0.0159. The Bertz CT molecular complexity index is 805. The minimum Gasteiger partial charge on any atom is -0.314 e. The highest BCUT2D eigenvalue weighted by molar-refractivity contribution is 6.42. The van der Waals surface area contributed by atoms with Crippen LogP contribution in [0.5, 0.6) is 0 Å². The van der Waals surface area contributed by atoms with Crippen molar-refractivity contribution in [1.82, 2.24) is 20.4 Å². The van der Waals surface area contributed by atoms with Crippen LogP contribution in [0.15, 0.2) is 23.3 Å². The van der Waals surface area contributed by atoms with E-state index in [0.717, 1.165) is 50.9 Å². The highest BCUT2D eigenvalue weighted by atomic mass is 35.5. The van der Waals surface area contributed by atoms with Gasteiger partial charge in [-0.15, -0.1) is 0 Å². The maximum absolute atomic E-state index is 12.6. The number of halogens is 2. The topological polar surface area (TPSA) is 63.2 Å². The molecular formula is C22H32Cl2N6O. The van der Waals surface area contributed by atoms with Crippen molar-refractivity contribution < 1.29 is 4.79 Å². The van der Waals surface area contributed by atoms with E-state index in [-0.39, 0.29) is 11.8 Å². The summed E-state index contributed by atoms with van der Waals surface area (Å²) in [6.07, 6.45) is 2.33. The van der Waals surface area contributed by atoms with E-state index in [4.69, 9.17) is 23.2 Å². The maximum atomic E-state index is 12.6. The molecule has 31 heavy (non-hydrogen) atoms. The molecule has 1 aromatic rings. The number of amides is 1. The number of carbonyl (C=O) groups is 1. The van der Waals surface area contributed by atoms with Gasteiger partial charge in [0.2, 0.25) is 5.91 Å². The lowest BCUT2D eigenvalue weighted by atomic mass is 9.96. The van der Waals surface area contributed by atoms with E-state index in [1.807, 2.05) is 11.1 Å². The number of piperidine rings is 1. The van der Waals surface area contributed by atoms with Crippen LogP contribution in [0.25, 0.3) is 0 Å². The standard InChI is InChI=1S/C22H32Cl2N6O/c1-16-13-30(18-2-3-19(23)20(24)12-18)27-22(16)26-21(31)15-28-8-4-17(5-9-28)14-29-10-6-25-7-11-29/h2-3,12,16-17,25H,4-11,13-15H2,1H3,(H,26,27,31). The van der Waals surface area contributed by atoms with Crippen LogP contribution in [0.2, 0.25) is 10.0 Å². The first kappa shape index (κ1) is 22.8. The number of likely N-dealkylation sites (tertiary alicyclic amines) is 1. The first-order valence-electron chi connectivity index (χ1n) is 11.2. The van der Waals surface area contributed by atoms with Gasteiger partial charge in [-0.3, -0.25) is 14.7 Å². The molecule has 0 radical (unpaired) electrons. The fourth-order valence-corrected chi connectivity index (χ4v) is 4.84. The molecule has 0 bridgehead atoms. The number of hydrogen-bond acceptors (Lipinski definition) is 6. The third-order valence-corrected chi connectivity index (χ3v) is 7.15. The van der Waals surface area contributed by atoms with Gasteiger partial charge in [0.15, 0.2) is 0 Å². The van der Waals surface area contributed by atoms with Gasteiger partial charge in [0, 0.05) is 38.6 Å². The van der Waals surface area contributed by atoms with Gasteiger partial charge in [-0.1, -0.05) is 30.1 Å². The molecule has 0 saturated carbocycles. The van der Waals surface area contributed by atoms with Crippen LogP contribution in [0.3, 0.4) is 0 Å². The smallest absolute Gasteiger partial charge is 0.239 e. The number of piperazine rings is 1. The van der Waals surface area contributed by atoms with Gasteiger partial charge in [-0.05, 0) is 50.0 Å². The predicted octanol–water partition coefficient (Wildman–Crippen LogP) is 2.50. The number of carbonyl (C=O) groups excluding carboxylic acids is 1. The second kappa shape index (κ2) is 10.5. The maximum Gasteiger partial charge on any atom is 0.239 e. The van der Waals surface area contributed by atoms with Gasteiger partial charge >= 0.3 is 0 Å². The summed E-state index contributed by atoms with van der Waals surface area (Å²) in [6, 6.07) is 5.46. The Hall–Kier alpha value is -1.38. The lowest BCUT2D eigenvalue weighted by Gasteiger charge is -2.36. The van der Waals surface area contributed by atoms with Gasteiger partial charge in [-0.25, -0.2) is 0 Å². The van der Waals surface area contributed by atoms with Crippen LogP contribution in [0.4, 0.5) is 5.69 Å². The number of nitrogens with zero attached hydrogens (tertiary/aromatic N) is 4. The van der Waals surface area contributed by atoms with Crippen LogP contribution >= 0.6 is 23.2 Å². The van der Waals surface area contributed by atoms with Crippen molar-refractivity contribution in [2.24, 2.45) is 16.9 Å². The summed E-state index contributed by atoms with van der Waals surface area (Å²) < 4.78 is 0. The summed E-state index contributed by atoms with van der Waals surface area (Å²) >= 11 is 12.1. The lowest BCUT2D eigenvalue weighted by molar-refractivity contribution is -0.121. The Labute approximate surface area is 194 Å². The molecule has 3 aliphatic rings. The second-order valence-electron chi connectivity index (χ2n) is 8.89. The highest BCUT2D eigenvalue weighted by Gasteiger charge is 2.27. The number of amidine groups is 1. The average molecular weight is 467 g/mol. The lowest BCUT2D eigenvalue weighted by Crippen LogP contribution is -2.48. The zero-order chi connectivity index (χ0) is 21.8. The average Bonchev–Trinajstić information content (AvgIpc) is 3.12. The van der Waals surface area contributed by atoms with Crippen molar-refractivity contribution >= 4 is 40.6 Å². The molecule has 1 aromatic carbocycles. The van der Waals surface area contributed by atoms with Gasteiger partial charge in [0.25, 0.3) is 0 Å². The molecule has 0 aromatic heterocycles. The van der Waals surface area contributed by atoms with Crippen molar-refractivity contribution in [2.45, 2.75) is 19.8 Å². The van der Waals surface area contributed by atoms with Crippen LogP contribution in [0.1, 0.15) is 19.8 Å². The minimum absolute atomic E-state index is 0.0159. The monoisotopic (exact) mass is 466 g/mol. The van der Waals surface area contributed by atoms with Crippen molar-refractivity contribution in [3.05, 3.63) is 28.2 Å². The van der Waals surface area contributed by atoms with E-state index in [1.165, 1.54) is 19.4 Å². The van der Waals surface area contributed by atoms with E-state index >= 15 is 0 Å². The third kappa shape index (κ3) is 6.11. The molecule has 1 unspecified atom stereocenters. The zero-order valence-corrected chi connectivity index (χ0v) is 19.6. The van der Waals surface area contributed by atoms with Gasteiger partial charge in [-0.2, -0.15) is 5.10 Å². The first-order chi connectivity index (χ1) is 15.0. The molecule has 2 saturated heterocycles. The normalized spacial score (nSPS) is 23.8. The molecular weight excluding hydrogens is 435 g/mol. The first-order valence-corrected chi connectivity index (χ1v) is 12.0. The summed E-state index contributed by atoms with van der Waals surface area (Å²) in [5.74, 6) is 1.62. The SMILES string of the molecule is CC1CN(c2ccc(Cl)c(Cl)c2)N=C1NC(=O)CN1CCC(CN2CCNCC2)CC1. The predicted molar refractivity (Wildman–Crippen MR) is 127 cm³/mol. The number of benzene rings is 1. The molecule has 3 heterocycles. The van der Waals surface area contributed by atoms with Crippen molar-refractivity contribution in [3.63, 3.8) is 0 Å². The third-order valence-electron chi connectivity index (χ3n) is 6.41. The number of hydrogen-bond donors (Lipinski definition) is 2. The molecule has 4 rings (SSSR count). The summed E-state index contributed by atoms with van der Waals surface area (Å²) in [6.45, 7) is 10.9. The fraction of sp³-hybridized carbons (Fsp3) is 0.636. The highest BCUT2D eigenvalue weighted by Crippen LogP contribution is 2.29. The Morgan fingerprint density at radius 3 is 2.58 bits per heavy atom. The number of hydrazone groups is 1. The Morgan fingerprint density at radius 2 is 1.87 bits per heavy atom. The van der Waals surface area contributed by atoms with Gasteiger partial charge in [0.1, 0.15) is 5.84 Å². The Kier molecular flexibility index (Phi) is 7.72. The number of nitrogens with one attached hydrogen (secondary N) is 2. The number of rotatable bonds is 5. The van der Waals surface area contributed by atoms with Crippen molar-refractivity contribution in [2.75, 3.05) is 63.9 Å².